The lowest BCUT2D eigenvalue weighted by atomic mass is 10.3. The van der Waals surface area contributed by atoms with Crippen molar-refractivity contribution in [1.29, 1.82) is 0 Å². The van der Waals surface area contributed by atoms with E-state index in [0.29, 0.717) is 10.2 Å². The van der Waals surface area contributed by atoms with Crippen LogP contribution in [0, 0.1) is 0 Å². The van der Waals surface area contributed by atoms with E-state index in [-0.39, 0.29) is 17.7 Å². The standard InChI is InChI=1S/C14H14ClN5O2S/c15-9-2-1-3-11(6-9)20-8-16-19-14(20)23-7-12(21)18-13(22)17-10-4-5-10/h1-3,6,8,10H,4-5,7H2,(H2,17,18,21,22). The van der Waals surface area contributed by atoms with Crippen LogP contribution < -0.4 is 10.6 Å². The van der Waals surface area contributed by atoms with Gasteiger partial charge in [0.25, 0.3) is 0 Å². The van der Waals surface area contributed by atoms with Crippen molar-refractivity contribution in [3.05, 3.63) is 35.6 Å². The maximum absolute atomic E-state index is 11.8. The zero-order valence-corrected chi connectivity index (χ0v) is 13.6. The average molecular weight is 352 g/mol. The van der Waals surface area contributed by atoms with Crippen LogP contribution >= 0.6 is 23.4 Å². The summed E-state index contributed by atoms with van der Waals surface area (Å²) in [5.74, 6) is -0.314. The third-order valence-corrected chi connectivity index (χ3v) is 4.28. The molecule has 3 rings (SSSR count). The fourth-order valence-electron chi connectivity index (χ4n) is 1.87. The van der Waals surface area contributed by atoms with Crippen LogP contribution in [0.1, 0.15) is 12.8 Å². The molecule has 0 aliphatic heterocycles. The number of hydrogen-bond acceptors (Lipinski definition) is 5. The van der Waals surface area contributed by atoms with Gasteiger partial charge in [-0.2, -0.15) is 0 Å². The van der Waals surface area contributed by atoms with E-state index in [9.17, 15) is 9.59 Å². The molecule has 2 N–H and O–H groups in total. The molecule has 3 amide bonds. The number of aromatic nitrogens is 3. The van der Waals surface area contributed by atoms with E-state index in [4.69, 9.17) is 11.6 Å². The van der Waals surface area contributed by atoms with Crippen LogP contribution in [0.3, 0.4) is 0 Å². The van der Waals surface area contributed by atoms with Gasteiger partial charge in [0, 0.05) is 11.1 Å². The predicted molar refractivity (Wildman–Crippen MR) is 86.8 cm³/mol. The Morgan fingerprint density at radius 1 is 1.39 bits per heavy atom. The fourth-order valence-corrected chi connectivity index (χ4v) is 2.78. The van der Waals surface area contributed by atoms with Gasteiger partial charge in [-0.3, -0.25) is 14.7 Å². The van der Waals surface area contributed by atoms with Crippen molar-refractivity contribution < 1.29 is 9.59 Å². The molecule has 1 heterocycles. The second-order valence-electron chi connectivity index (χ2n) is 5.05. The Bertz CT molecular complexity index is 731. The number of halogens is 1. The molecule has 9 heteroatoms. The average Bonchev–Trinajstić information content (AvgIpc) is 3.19. The first-order chi connectivity index (χ1) is 11.1. The first kappa shape index (κ1) is 15.8. The molecule has 7 nitrogen and oxygen atoms in total. The summed E-state index contributed by atoms with van der Waals surface area (Å²) in [7, 11) is 0. The molecule has 0 atom stereocenters. The Hall–Kier alpha value is -2.06. The lowest BCUT2D eigenvalue weighted by Gasteiger charge is -2.07. The number of nitrogens with one attached hydrogen (secondary N) is 2. The van der Waals surface area contributed by atoms with Gasteiger partial charge in [0.15, 0.2) is 5.16 Å². The lowest BCUT2D eigenvalue weighted by molar-refractivity contribution is -0.117. The molecule has 2 aromatic rings. The smallest absolute Gasteiger partial charge is 0.321 e. The molecular formula is C14H14ClN5O2S. The van der Waals surface area contributed by atoms with Gasteiger partial charge in [-0.15, -0.1) is 10.2 Å². The predicted octanol–water partition coefficient (Wildman–Crippen LogP) is 2.00. The maximum atomic E-state index is 11.8. The molecular weight excluding hydrogens is 338 g/mol. The van der Waals surface area contributed by atoms with Gasteiger partial charge in [0.05, 0.1) is 11.4 Å². The summed E-state index contributed by atoms with van der Waals surface area (Å²) in [4.78, 5) is 23.3. The van der Waals surface area contributed by atoms with Crippen molar-refractivity contribution in [2.45, 2.75) is 24.0 Å². The number of carbonyl (C=O) groups is 2. The summed E-state index contributed by atoms with van der Waals surface area (Å²) < 4.78 is 1.73. The molecule has 1 saturated carbocycles. The highest BCUT2D eigenvalue weighted by Crippen LogP contribution is 2.21. The number of carbonyl (C=O) groups excluding carboxylic acids is 2. The SMILES string of the molecule is O=C(CSc1nncn1-c1cccc(Cl)c1)NC(=O)NC1CC1. The van der Waals surface area contributed by atoms with Crippen LogP contribution in [-0.2, 0) is 4.79 Å². The summed E-state index contributed by atoms with van der Waals surface area (Å²) in [6.45, 7) is 0. The minimum atomic E-state index is -0.450. The Morgan fingerprint density at radius 2 is 2.22 bits per heavy atom. The highest BCUT2D eigenvalue weighted by Gasteiger charge is 2.24. The molecule has 0 spiro atoms. The van der Waals surface area contributed by atoms with Crippen LogP contribution in [0.4, 0.5) is 4.79 Å². The summed E-state index contributed by atoms with van der Waals surface area (Å²) in [5, 5.41) is 14.0. The van der Waals surface area contributed by atoms with Crippen LogP contribution in [0.5, 0.6) is 0 Å². The van der Waals surface area contributed by atoms with E-state index in [1.54, 1.807) is 23.0 Å². The molecule has 1 aromatic heterocycles. The molecule has 1 aliphatic carbocycles. The molecule has 0 bridgehead atoms. The minimum Gasteiger partial charge on any atom is -0.335 e. The number of rotatable bonds is 5. The molecule has 23 heavy (non-hydrogen) atoms. The summed E-state index contributed by atoms with van der Waals surface area (Å²) in [6, 6.07) is 6.99. The van der Waals surface area contributed by atoms with Crippen molar-refractivity contribution in [2.24, 2.45) is 0 Å². The van der Waals surface area contributed by atoms with Crippen molar-refractivity contribution in [1.82, 2.24) is 25.4 Å². The molecule has 0 radical (unpaired) electrons. The van der Waals surface area contributed by atoms with Crippen molar-refractivity contribution in [2.75, 3.05) is 5.75 Å². The first-order valence-corrected chi connectivity index (χ1v) is 8.37. The van der Waals surface area contributed by atoms with Gasteiger partial charge >= 0.3 is 6.03 Å². The number of nitrogens with zero attached hydrogens (tertiary/aromatic N) is 3. The molecule has 0 saturated heterocycles. The number of amides is 3. The number of imide groups is 1. The van der Waals surface area contributed by atoms with Gasteiger partial charge in [0.1, 0.15) is 6.33 Å². The molecule has 120 valence electrons. The normalized spacial score (nSPS) is 13.6. The monoisotopic (exact) mass is 351 g/mol. The minimum absolute atomic E-state index is 0.0668. The van der Waals surface area contributed by atoms with E-state index >= 15 is 0 Å². The second kappa shape index (κ2) is 7.01. The molecule has 1 aliphatic rings. The maximum Gasteiger partial charge on any atom is 0.321 e. The van der Waals surface area contributed by atoms with Crippen molar-refractivity contribution >= 4 is 35.3 Å². The summed E-state index contributed by atoms with van der Waals surface area (Å²) in [6.07, 6.45) is 3.49. The number of hydrogen-bond donors (Lipinski definition) is 2. The van der Waals surface area contributed by atoms with Gasteiger partial charge in [-0.1, -0.05) is 29.4 Å². The largest absolute Gasteiger partial charge is 0.335 e. The zero-order chi connectivity index (χ0) is 16.2. The Kier molecular flexibility index (Phi) is 4.82. The quantitative estimate of drug-likeness (QED) is 0.804. The number of urea groups is 1. The third-order valence-electron chi connectivity index (χ3n) is 3.10. The van der Waals surface area contributed by atoms with E-state index in [1.165, 1.54) is 11.8 Å². The summed E-state index contributed by atoms with van der Waals surface area (Å²) in [5.41, 5.74) is 0.803. The van der Waals surface area contributed by atoms with E-state index in [0.717, 1.165) is 18.5 Å². The second-order valence-corrected chi connectivity index (χ2v) is 6.43. The molecule has 0 unspecified atom stereocenters. The highest BCUT2D eigenvalue weighted by atomic mass is 35.5. The fraction of sp³-hybridized carbons (Fsp3) is 0.286. The van der Waals surface area contributed by atoms with Crippen molar-refractivity contribution in [3.63, 3.8) is 0 Å². The lowest BCUT2D eigenvalue weighted by Crippen LogP contribution is -2.41. The highest BCUT2D eigenvalue weighted by molar-refractivity contribution is 7.99. The van der Waals surface area contributed by atoms with Crippen LogP contribution in [0.2, 0.25) is 5.02 Å². The number of benzene rings is 1. The van der Waals surface area contributed by atoms with Crippen LogP contribution in [-0.4, -0.2) is 38.5 Å². The number of thioether (sulfide) groups is 1. The van der Waals surface area contributed by atoms with Gasteiger partial charge in [-0.25, -0.2) is 4.79 Å². The van der Waals surface area contributed by atoms with Gasteiger partial charge in [-0.05, 0) is 31.0 Å². The van der Waals surface area contributed by atoms with E-state index in [1.807, 2.05) is 12.1 Å². The third kappa shape index (κ3) is 4.46. The van der Waals surface area contributed by atoms with Crippen molar-refractivity contribution in [3.8, 4) is 5.69 Å². The van der Waals surface area contributed by atoms with Gasteiger partial charge < -0.3 is 5.32 Å². The van der Waals surface area contributed by atoms with Crippen LogP contribution in [0.25, 0.3) is 5.69 Å². The van der Waals surface area contributed by atoms with E-state index in [2.05, 4.69) is 20.8 Å². The molecule has 1 aromatic carbocycles. The Balaban J connectivity index is 1.57. The first-order valence-electron chi connectivity index (χ1n) is 7.01. The Morgan fingerprint density at radius 3 is 2.96 bits per heavy atom. The van der Waals surface area contributed by atoms with Crippen LogP contribution in [0.15, 0.2) is 35.7 Å². The molecule has 1 fully saturated rings. The summed E-state index contributed by atoms with van der Waals surface area (Å²) >= 11 is 7.17. The van der Waals surface area contributed by atoms with E-state index < -0.39 is 6.03 Å². The van der Waals surface area contributed by atoms with Gasteiger partial charge in [0.2, 0.25) is 5.91 Å². The zero-order valence-electron chi connectivity index (χ0n) is 12.0. The Labute approximate surface area is 141 Å². The topological polar surface area (TPSA) is 88.9 Å².